The average Bonchev–Trinajstić information content (AvgIpc) is 3.39. The number of aliphatic imine (C=N–C) groups is 1. The second kappa shape index (κ2) is 7.47. The first-order chi connectivity index (χ1) is 16.1. The van der Waals surface area contributed by atoms with Crippen LogP contribution in [-0.2, 0) is 17.0 Å². The molecule has 0 N–H and O–H groups in total. The van der Waals surface area contributed by atoms with Crippen LogP contribution >= 0.6 is 0 Å². The quantitative estimate of drug-likeness (QED) is 0.529. The third-order valence-corrected chi connectivity index (χ3v) is 7.20. The van der Waals surface area contributed by atoms with Crippen molar-refractivity contribution in [3.05, 3.63) is 89.0 Å². The number of hydroxylamine groups is 2. The van der Waals surface area contributed by atoms with Crippen molar-refractivity contribution in [3.63, 3.8) is 0 Å². The van der Waals surface area contributed by atoms with E-state index in [4.69, 9.17) is 14.6 Å². The third kappa shape index (κ3) is 3.21. The second-order valence-corrected chi connectivity index (χ2v) is 9.14. The van der Waals surface area contributed by atoms with E-state index in [1.54, 1.807) is 5.06 Å². The van der Waals surface area contributed by atoms with Crippen LogP contribution in [0.25, 0.3) is 11.1 Å². The lowest BCUT2D eigenvalue weighted by Crippen LogP contribution is -2.41. The van der Waals surface area contributed by atoms with Gasteiger partial charge in [-0.1, -0.05) is 42.5 Å². The van der Waals surface area contributed by atoms with Crippen molar-refractivity contribution in [3.8, 4) is 22.9 Å². The van der Waals surface area contributed by atoms with Crippen LogP contribution in [0.2, 0.25) is 0 Å². The topological polar surface area (TPSA) is 57.9 Å². The summed E-state index contributed by atoms with van der Waals surface area (Å²) in [6, 6.07) is 24.8. The van der Waals surface area contributed by atoms with Gasteiger partial charge in [0.15, 0.2) is 0 Å². The Bertz CT molecular complexity index is 1320. The van der Waals surface area contributed by atoms with E-state index in [1.165, 1.54) is 11.1 Å². The number of hydrogen-bond acceptors (Lipinski definition) is 5. The number of aryl methyl sites for hydroxylation is 1. The minimum Gasteiger partial charge on any atom is -0.489 e. The highest BCUT2D eigenvalue weighted by Crippen LogP contribution is 2.51. The number of benzene rings is 3. The van der Waals surface area contributed by atoms with Crippen molar-refractivity contribution in [2.24, 2.45) is 4.99 Å². The van der Waals surface area contributed by atoms with Gasteiger partial charge in [-0.25, -0.2) is 14.9 Å². The van der Waals surface area contributed by atoms with Crippen LogP contribution in [0.3, 0.4) is 0 Å². The second-order valence-electron chi connectivity index (χ2n) is 9.14. The lowest BCUT2D eigenvalue weighted by atomic mass is 9.84. The molecule has 3 aromatic carbocycles. The first kappa shape index (κ1) is 20.0. The number of fused-ring (bicyclic) bond motifs is 3. The molecule has 2 heterocycles. The summed E-state index contributed by atoms with van der Waals surface area (Å²) >= 11 is 0. The molecule has 0 saturated heterocycles. The maximum atomic E-state index is 9.32. The summed E-state index contributed by atoms with van der Waals surface area (Å²) in [4.78, 5) is 11.5. The summed E-state index contributed by atoms with van der Waals surface area (Å²) in [5, 5.41) is 11.1. The van der Waals surface area contributed by atoms with Gasteiger partial charge in [-0.15, -0.1) is 0 Å². The van der Waals surface area contributed by atoms with E-state index in [9.17, 15) is 5.26 Å². The maximum Gasteiger partial charge on any atom is 0.219 e. The van der Waals surface area contributed by atoms with Crippen LogP contribution in [0.4, 0.5) is 0 Å². The molecule has 1 spiro atoms. The largest absolute Gasteiger partial charge is 0.489 e. The molecule has 5 heteroatoms. The molecular formula is C28H25N3O2. The molecule has 3 aliphatic rings. The number of ether oxygens (including phenoxy) is 1. The zero-order chi connectivity index (χ0) is 22.6. The normalized spacial score (nSPS) is 25.2. The van der Waals surface area contributed by atoms with E-state index in [-0.39, 0.29) is 6.10 Å². The summed E-state index contributed by atoms with van der Waals surface area (Å²) in [5.74, 6) is 2.00. The van der Waals surface area contributed by atoms with Gasteiger partial charge in [0.05, 0.1) is 17.2 Å². The number of hydrogen-bond donors (Lipinski definition) is 0. The molecule has 0 bridgehead atoms. The zero-order valence-electron chi connectivity index (χ0n) is 18.8. The molecule has 0 saturated carbocycles. The predicted octanol–water partition coefficient (Wildman–Crippen LogP) is 5.55. The predicted molar refractivity (Wildman–Crippen MR) is 127 cm³/mol. The van der Waals surface area contributed by atoms with E-state index in [0.717, 1.165) is 41.1 Å². The van der Waals surface area contributed by atoms with Crippen LogP contribution in [0.1, 0.15) is 47.9 Å². The molecule has 6 rings (SSSR count). The van der Waals surface area contributed by atoms with Gasteiger partial charge in [-0.3, -0.25) is 0 Å². The van der Waals surface area contributed by atoms with Gasteiger partial charge >= 0.3 is 0 Å². The Morgan fingerprint density at radius 3 is 2.73 bits per heavy atom. The summed E-state index contributed by atoms with van der Waals surface area (Å²) in [6.07, 6.45) is 2.80. The van der Waals surface area contributed by atoms with Crippen molar-refractivity contribution in [1.29, 1.82) is 5.26 Å². The van der Waals surface area contributed by atoms with Gasteiger partial charge in [-0.05, 0) is 66.3 Å². The first-order valence-corrected chi connectivity index (χ1v) is 11.5. The van der Waals surface area contributed by atoms with Crippen molar-refractivity contribution in [2.75, 3.05) is 7.05 Å². The molecule has 0 fully saturated rings. The molecule has 33 heavy (non-hydrogen) atoms. The van der Waals surface area contributed by atoms with Crippen molar-refractivity contribution < 1.29 is 9.57 Å². The molecule has 1 aliphatic carbocycles. The highest BCUT2D eigenvalue weighted by Gasteiger charge is 2.50. The highest BCUT2D eigenvalue weighted by molar-refractivity contribution is 5.80. The fourth-order valence-electron chi connectivity index (χ4n) is 5.51. The van der Waals surface area contributed by atoms with E-state index in [2.05, 4.69) is 42.5 Å². The van der Waals surface area contributed by atoms with E-state index >= 15 is 0 Å². The summed E-state index contributed by atoms with van der Waals surface area (Å²) < 4.78 is 6.65. The maximum absolute atomic E-state index is 9.32. The number of amidine groups is 1. The Balaban J connectivity index is 1.44. The number of nitriles is 1. The fraction of sp³-hybridized carbons (Fsp3) is 0.286. The molecule has 164 valence electrons. The lowest BCUT2D eigenvalue weighted by molar-refractivity contribution is -0.192. The third-order valence-electron chi connectivity index (χ3n) is 7.20. The van der Waals surface area contributed by atoms with Gasteiger partial charge in [-0.2, -0.15) is 5.26 Å². The van der Waals surface area contributed by atoms with Gasteiger partial charge < -0.3 is 4.74 Å². The molecule has 0 radical (unpaired) electrons. The smallest absolute Gasteiger partial charge is 0.219 e. The van der Waals surface area contributed by atoms with E-state index in [0.29, 0.717) is 17.9 Å². The SMILES string of the molecule is CC1=NC2(CC(C3CCc4ccccc43)Oc3ccc(-c4cccc(C#N)c4)cc32)ON1C. The van der Waals surface area contributed by atoms with Gasteiger partial charge in [0.2, 0.25) is 5.72 Å². The summed E-state index contributed by atoms with van der Waals surface area (Å²) in [7, 11) is 1.91. The first-order valence-electron chi connectivity index (χ1n) is 11.5. The molecular weight excluding hydrogens is 410 g/mol. The Morgan fingerprint density at radius 2 is 1.91 bits per heavy atom. The Kier molecular flexibility index (Phi) is 4.53. The molecule has 3 unspecified atom stereocenters. The highest BCUT2D eigenvalue weighted by atomic mass is 16.7. The number of nitrogens with zero attached hydrogens (tertiary/aromatic N) is 3. The van der Waals surface area contributed by atoms with Gasteiger partial charge in [0, 0.05) is 19.4 Å². The van der Waals surface area contributed by atoms with Crippen LogP contribution in [0, 0.1) is 11.3 Å². The molecule has 0 aromatic heterocycles. The minimum absolute atomic E-state index is 0.0167. The van der Waals surface area contributed by atoms with Crippen molar-refractivity contribution >= 4 is 5.84 Å². The molecule has 3 aromatic rings. The van der Waals surface area contributed by atoms with Crippen LogP contribution in [0.5, 0.6) is 5.75 Å². The van der Waals surface area contributed by atoms with Gasteiger partial charge in [0.25, 0.3) is 0 Å². The van der Waals surface area contributed by atoms with Crippen LogP contribution in [0.15, 0.2) is 71.7 Å². The molecule has 2 aliphatic heterocycles. The standard InChI is InChI=1S/C28H25N3O2/c1-18-30-28(33-31(18)2)16-27(24-12-10-20-7-3-4-9-23(20)24)32-26-13-11-22(15-25(26)28)21-8-5-6-19(14-21)17-29/h3-9,11,13-15,24,27H,10,12,16H2,1-2H3. The summed E-state index contributed by atoms with van der Waals surface area (Å²) in [5.41, 5.74) is 5.59. The Morgan fingerprint density at radius 1 is 1.06 bits per heavy atom. The molecule has 5 nitrogen and oxygen atoms in total. The van der Waals surface area contributed by atoms with Crippen LogP contribution in [-0.4, -0.2) is 24.1 Å². The van der Waals surface area contributed by atoms with E-state index in [1.807, 2.05) is 44.3 Å². The van der Waals surface area contributed by atoms with Gasteiger partial charge in [0.1, 0.15) is 17.7 Å². The Hall–Kier alpha value is -3.62. The monoisotopic (exact) mass is 435 g/mol. The minimum atomic E-state index is -0.808. The van der Waals surface area contributed by atoms with E-state index < -0.39 is 5.72 Å². The molecule has 0 amide bonds. The zero-order valence-corrected chi connectivity index (χ0v) is 18.8. The summed E-state index contributed by atoms with van der Waals surface area (Å²) in [6.45, 7) is 1.98. The van der Waals surface area contributed by atoms with Crippen molar-refractivity contribution in [2.45, 2.75) is 43.9 Å². The van der Waals surface area contributed by atoms with Crippen molar-refractivity contribution in [1.82, 2.24) is 5.06 Å². The Labute approximate surface area is 193 Å². The van der Waals surface area contributed by atoms with Crippen LogP contribution < -0.4 is 4.74 Å². The fourth-order valence-corrected chi connectivity index (χ4v) is 5.51. The lowest BCUT2D eigenvalue weighted by Gasteiger charge is -2.39. The number of rotatable bonds is 2. The molecule has 3 atom stereocenters. The average molecular weight is 436 g/mol.